The molecule has 0 aliphatic carbocycles. The van der Waals surface area contributed by atoms with Gasteiger partial charge in [0.05, 0.1) is 0 Å². The monoisotopic (exact) mass is 321 g/mol. The van der Waals surface area contributed by atoms with Gasteiger partial charge in [-0.15, -0.1) is 0 Å². The Morgan fingerprint density at radius 2 is 1.25 bits per heavy atom. The van der Waals surface area contributed by atoms with E-state index in [4.69, 9.17) is 34.1 Å². The summed E-state index contributed by atoms with van der Waals surface area (Å²) in [6.45, 7) is 3.72. The summed E-state index contributed by atoms with van der Waals surface area (Å²) >= 11 is -3.29. The van der Waals surface area contributed by atoms with Gasteiger partial charge in [0.2, 0.25) is 0 Å². The van der Waals surface area contributed by atoms with Crippen molar-refractivity contribution < 1.29 is 15.5 Å². The average molecular weight is 324 g/mol. The third-order valence-corrected chi connectivity index (χ3v) is 0.843. The second-order valence-electron chi connectivity index (χ2n) is 1.91. The summed E-state index contributed by atoms with van der Waals surface area (Å²) in [6.07, 6.45) is 0. The molecular formula is C7H7Cl4Zr. The molecule has 0 unspecified atom stereocenters. The van der Waals surface area contributed by atoms with Crippen molar-refractivity contribution in [2.24, 2.45) is 0 Å². The van der Waals surface area contributed by atoms with Gasteiger partial charge in [0.25, 0.3) is 0 Å². The molecule has 0 amide bonds. The number of halogens is 4. The van der Waals surface area contributed by atoms with Gasteiger partial charge in [0.15, 0.2) is 0 Å². The SMILES string of the molecule is [CH2]c1ccccc1.[Cl][Zr]([Cl])([Cl])[Cl]. The predicted octanol–water partition coefficient (Wildman–Crippen LogP) is 4.62. The van der Waals surface area contributed by atoms with Gasteiger partial charge >= 0.3 is 49.5 Å². The van der Waals surface area contributed by atoms with Gasteiger partial charge in [-0.05, 0) is 12.5 Å². The molecule has 1 aromatic rings. The Labute approximate surface area is 91.4 Å². The molecule has 0 atom stereocenters. The van der Waals surface area contributed by atoms with Crippen molar-refractivity contribution in [2.75, 3.05) is 0 Å². The quantitative estimate of drug-likeness (QED) is 0.653. The number of benzene rings is 1. The molecule has 0 spiro atoms. The summed E-state index contributed by atoms with van der Waals surface area (Å²) in [7, 11) is 20.1. The Bertz CT molecular complexity index is 200. The number of hydrogen-bond acceptors (Lipinski definition) is 0. The van der Waals surface area contributed by atoms with Crippen LogP contribution >= 0.6 is 34.1 Å². The second kappa shape index (κ2) is 6.68. The van der Waals surface area contributed by atoms with Crippen LogP contribution in [0.5, 0.6) is 0 Å². The van der Waals surface area contributed by atoms with Crippen LogP contribution in [0.1, 0.15) is 5.56 Å². The Morgan fingerprint density at radius 1 is 0.917 bits per heavy atom. The van der Waals surface area contributed by atoms with Crippen LogP contribution in [0.3, 0.4) is 0 Å². The zero-order valence-corrected chi connectivity index (χ0v) is 11.6. The van der Waals surface area contributed by atoms with Crippen LogP contribution < -0.4 is 0 Å². The molecule has 1 aromatic carbocycles. The van der Waals surface area contributed by atoms with Crippen molar-refractivity contribution >= 4 is 34.1 Å². The molecule has 0 aliphatic heterocycles. The average Bonchev–Trinajstić information content (AvgIpc) is 1.85. The summed E-state index contributed by atoms with van der Waals surface area (Å²) in [5.74, 6) is 0. The first-order valence-corrected chi connectivity index (χ1v) is 15.7. The molecule has 0 aromatic heterocycles. The van der Waals surface area contributed by atoms with Crippen molar-refractivity contribution in [3.8, 4) is 0 Å². The molecule has 0 saturated heterocycles. The molecule has 12 heavy (non-hydrogen) atoms. The van der Waals surface area contributed by atoms with Crippen molar-refractivity contribution in [3.05, 3.63) is 42.8 Å². The first-order valence-electron chi connectivity index (χ1n) is 3.02. The number of hydrogen-bond donors (Lipinski definition) is 0. The zero-order chi connectivity index (χ0) is 9.61. The molecule has 0 saturated carbocycles. The Morgan fingerprint density at radius 3 is 1.42 bits per heavy atom. The van der Waals surface area contributed by atoms with E-state index in [0.717, 1.165) is 5.56 Å². The topological polar surface area (TPSA) is 0 Å². The second-order valence-corrected chi connectivity index (χ2v) is 24.3. The van der Waals surface area contributed by atoms with Crippen LogP contribution in [0.15, 0.2) is 30.3 Å². The molecule has 1 radical (unpaired) electrons. The minimum atomic E-state index is -3.29. The van der Waals surface area contributed by atoms with E-state index in [-0.39, 0.29) is 0 Å². The van der Waals surface area contributed by atoms with Crippen LogP contribution in [-0.4, -0.2) is 0 Å². The van der Waals surface area contributed by atoms with Crippen LogP contribution in [0, 0.1) is 6.92 Å². The summed E-state index contributed by atoms with van der Waals surface area (Å²) in [4.78, 5) is 0. The van der Waals surface area contributed by atoms with E-state index in [9.17, 15) is 0 Å². The fraction of sp³-hybridized carbons (Fsp3) is 0. The maximum atomic E-state index is 5.04. The molecular weight excluding hydrogens is 317 g/mol. The molecule has 0 bridgehead atoms. The van der Waals surface area contributed by atoms with Crippen molar-refractivity contribution in [3.63, 3.8) is 0 Å². The summed E-state index contributed by atoms with van der Waals surface area (Å²) in [5, 5.41) is 0. The molecule has 0 fully saturated rings. The third kappa shape index (κ3) is 13.8. The van der Waals surface area contributed by atoms with Crippen LogP contribution in [-0.2, 0) is 15.5 Å². The van der Waals surface area contributed by atoms with Gasteiger partial charge in [-0.3, -0.25) is 0 Å². The summed E-state index contributed by atoms with van der Waals surface area (Å²) < 4.78 is 0. The van der Waals surface area contributed by atoms with E-state index in [1.165, 1.54) is 0 Å². The Kier molecular flexibility index (Phi) is 7.38. The van der Waals surface area contributed by atoms with Crippen LogP contribution in [0.4, 0.5) is 0 Å². The Hall–Kier alpha value is 1.26. The van der Waals surface area contributed by atoms with E-state index in [1.54, 1.807) is 0 Å². The van der Waals surface area contributed by atoms with Gasteiger partial charge in [-0.2, -0.15) is 0 Å². The molecule has 0 aliphatic rings. The van der Waals surface area contributed by atoms with Crippen molar-refractivity contribution in [1.82, 2.24) is 0 Å². The zero-order valence-electron chi connectivity index (χ0n) is 6.11. The summed E-state index contributed by atoms with van der Waals surface area (Å²) in [5.41, 5.74) is 1.07. The molecule has 67 valence electrons. The van der Waals surface area contributed by atoms with E-state index in [1.807, 2.05) is 30.3 Å². The normalized spacial score (nSPS) is 10.1. The first-order chi connectivity index (χ1) is 5.39. The summed E-state index contributed by atoms with van der Waals surface area (Å²) in [6, 6.07) is 9.87. The van der Waals surface area contributed by atoms with E-state index < -0.39 is 15.5 Å². The minimum absolute atomic E-state index is 1.07. The van der Waals surface area contributed by atoms with E-state index in [0.29, 0.717) is 0 Å². The third-order valence-electron chi connectivity index (χ3n) is 0.843. The fourth-order valence-corrected chi connectivity index (χ4v) is 0.478. The van der Waals surface area contributed by atoms with Crippen LogP contribution in [0.2, 0.25) is 0 Å². The van der Waals surface area contributed by atoms with Crippen LogP contribution in [0.25, 0.3) is 0 Å². The first kappa shape index (κ1) is 13.3. The predicted molar refractivity (Wildman–Crippen MR) is 54.3 cm³/mol. The molecule has 0 heterocycles. The van der Waals surface area contributed by atoms with Gasteiger partial charge in [-0.1, -0.05) is 30.3 Å². The van der Waals surface area contributed by atoms with Gasteiger partial charge < -0.3 is 0 Å². The van der Waals surface area contributed by atoms with Crippen molar-refractivity contribution in [2.45, 2.75) is 0 Å². The standard InChI is InChI=1S/C7H7.4ClH.Zr/c1-7-5-3-2-4-6-7;;;;;/h2-6H,1H2;4*1H;/q;;;;;+4/p-4. The fourth-order valence-electron chi connectivity index (χ4n) is 0.478. The van der Waals surface area contributed by atoms with E-state index >= 15 is 0 Å². The maximum absolute atomic E-state index is 5.04. The molecule has 5 heteroatoms. The molecule has 1 rings (SSSR count). The van der Waals surface area contributed by atoms with Gasteiger partial charge in [0.1, 0.15) is 0 Å². The molecule has 0 N–H and O–H groups in total. The van der Waals surface area contributed by atoms with E-state index in [2.05, 4.69) is 6.92 Å². The van der Waals surface area contributed by atoms with Gasteiger partial charge in [0, 0.05) is 0 Å². The van der Waals surface area contributed by atoms with Gasteiger partial charge in [-0.25, -0.2) is 0 Å². The molecule has 0 nitrogen and oxygen atoms in total. The Balaban J connectivity index is 0.000000217. The van der Waals surface area contributed by atoms with Crippen molar-refractivity contribution in [1.29, 1.82) is 0 Å². The number of rotatable bonds is 0.